The molecule has 1 unspecified atom stereocenters. The number of halogens is 2. The van der Waals surface area contributed by atoms with E-state index in [0.717, 1.165) is 31.8 Å². The minimum absolute atomic E-state index is 0.0270. The molecule has 0 bridgehead atoms. The number of ether oxygens (including phenoxy) is 1. The molecular formula is C31H45ClFN7O2S. The number of benzene rings is 1. The molecule has 3 heterocycles. The third-order valence-corrected chi connectivity index (χ3v) is 9.95. The van der Waals surface area contributed by atoms with Crippen molar-refractivity contribution in [1.82, 2.24) is 29.7 Å². The van der Waals surface area contributed by atoms with E-state index in [1.807, 2.05) is 39.6 Å². The van der Waals surface area contributed by atoms with Crippen LogP contribution in [0.25, 0.3) is 0 Å². The molecule has 1 spiro atoms. The Kier molecular flexibility index (Phi) is 10.4. The number of amides is 1. The maximum Gasteiger partial charge on any atom is 0.282 e. The third kappa shape index (κ3) is 7.54. The van der Waals surface area contributed by atoms with Crippen LogP contribution in [0.2, 0.25) is 5.28 Å². The number of carbonyl (C=O) groups is 1. The van der Waals surface area contributed by atoms with Gasteiger partial charge < -0.3 is 19.4 Å². The number of anilines is 1. The fraction of sp³-hybridized carbons (Fsp3) is 0.677. The molecule has 1 N–H and O–H groups in total. The number of nitrogens with zero attached hydrogens (tertiary/aromatic N) is 6. The van der Waals surface area contributed by atoms with Crippen molar-refractivity contribution in [3.05, 3.63) is 34.9 Å². The number of carbonyl (C=O) groups excluding carboxylic acids is 1. The summed E-state index contributed by atoms with van der Waals surface area (Å²) in [6, 6.07) is 4.46. The highest BCUT2D eigenvalue weighted by molar-refractivity contribution is 7.97. The van der Waals surface area contributed by atoms with E-state index in [2.05, 4.69) is 36.6 Å². The van der Waals surface area contributed by atoms with Gasteiger partial charge in [-0.05, 0) is 101 Å². The summed E-state index contributed by atoms with van der Waals surface area (Å²) in [5.74, 6) is 1.63. The average Bonchev–Trinajstić information content (AvgIpc) is 3.41. The number of likely N-dealkylation sites (tertiary alicyclic amines) is 1. The largest absolute Gasteiger partial charge is 0.434 e. The van der Waals surface area contributed by atoms with E-state index < -0.39 is 5.82 Å². The molecule has 5 rings (SSSR count). The van der Waals surface area contributed by atoms with E-state index in [1.54, 1.807) is 4.90 Å². The van der Waals surface area contributed by atoms with Crippen LogP contribution in [0.1, 0.15) is 77.1 Å². The van der Waals surface area contributed by atoms with Gasteiger partial charge in [-0.25, -0.2) is 4.39 Å². The van der Waals surface area contributed by atoms with Crippen LogP contribution in [-0.4, -0.2) is 87.5 Å². The molecule has 1 saturated carbocycles. The van der Waals surface area contributed by atoms with Gasteiger partial charge >= 0.3 is 0 Å². The molecule has 3 aliphatic rings. The van der Waals surface area contributed by atoms with Crippen LogP contribution >= 0.6 is 23.5 Å². The van der Waals surface area contributed by atoms with Crippen LogP contribution in [0.3, 0.4) is 0 Å². The predicted molar refractivity (Wildman–Crippen MR) is 170 cm³/mol. The van der Waals surface area contributed by atoms with Crippen molar-refractivity contribution in [2.24, 2.45) is 11.3 Å². The van der Waals surface area contributed by atoms with Gasteiger partial charge in [-0.2, -0.15) is 4.98 Å². The van der Waals surface area contributed by atoms with Crippen LogP contribution in [0.4, 0.5) is 10.2 Å². The highest BCUT2D eigenvalue weighted by Crippen LogP contribution is 2.45. The summed E-state index contributed by atoms with van der Waals surface area (Å²) in [7, 11) is 0. The molecule has 1 aromatic heterocycles. The zero-order valence-corrected chi connectivity index (χ0v) is 27.6. The second-order valence-electron chi connectivity index (χ2n) is 12.9. The van der Waals surface area contributed by atoms with E-state index in [1.165, 1.54) is 57.0 Å². The minimum Gasteiger partial charge on any atom is -0.434 e. The summed E-state index contributed by atoms with van der Waals surface area (Å²) in [4.78, 5) is 24.5. The second-order valence-corrected chi connectivity index (χ2v) is 14.4. The molecule has 1 aliphatic carbocycles. The highest BCUT2D eigenvalue weighted by atomic mass is 35.5. The van der Waals surface area contributed by atoms with E-state index in [4.69, 9.17) is 16.3 Å². The Morgan fingerprint density at radius 1 is 1.19 bits per heavy atom. The molecular weight excluding hydrogens is 589 g/mol. The van der Waals surface area contributed by atoms with Gasteiger partial charge in [0.25, 0.3) is 11.8 Å². The van der Waals surface area contributed by atoms with Crippen LogP contribution in [-0.2, 0) is 0 Å². The third-order valence-electron chi connectivity index (χ3n) is 9.00. The van der Waals surface area contributed by atoms with Crippen LogP contribution < -0.4 is 14.4 Å². The first-order valence-corrected chi connectivity index (χ1v) is 17.0. The van der Waals surface area contributed by atoms with Crippen molar-refractivity contribution >= 4 is 35.3 Å². The summed E-state index contributed by atoms with van der Waals surface area (Å²) < 4.78 is 24.2. The maximum atomic E-state index is 14.3. The van der Waals surface area contributed by atoms with Gasteiger partial charge in [0, 0.05) is 56.6 Å². The van der Waals surface area contributed by atoms with E-state index in [-0.39, 0.29) is 40.5 Å². The maximum absolute atomic E-state index is 14.3. The number of aromatic nitrogens is 3. The minimum atomic E-state index is -0.515. The summed E-state index contributed by atoms with van der Waals surface area (Å²) >= 11 is 8.03. The van der Waals surface area contributed by atoms with Gasteiger partial charge in [-0.15, -0.1) is 10.2 Å². The van der Waals surface area contributed by atoms with E-state index >= 15 is 0 Å². The smallest absolute Gasteiger partial charge is 0.282 e. The number of rotatable bonds is 11. The normalized spacial score (nSPS) is 20.7. The Hall–Kier alpha value is -2.21. The fourth-order valence-corrected chi connectivity index (χ4v) is 7.82. The second kappa shape index (κ2) is 13.8. The van der Waals surface area contributed by atoms with Crippen molar-refractivity contribution in [2.45, 2.75) is 84.8 Å². The number of hydrogen-bond acceptors (Lipinski definition) is 9. The summed E-state index contributed by atoms with van der Waals surface area (Å²) in [5, 5.41) is 8.15. The van der Waals surface area contributed by atoms with Crippen molar-refractivity contribution in [1.29, 1.82) is 0 Å². The zero-order chi connectivity index (χ0) is 30.7. The Morgan fingerprint density at radius 2 is 1.91 bits per heavy atom. The molecule has 9 nitrogen and oxygen atoms in total. The highest BCUT2D eigenvalue weighted by Gasteiger charge is 2.45. The van der Waals surface area contributed by atoms with Crippen molar-refractivity contribution in [2.75, 3.05) is 43.4 Å². The molecule has 2 saturated heterocycles. The van der Waals surface area contributed by atoms with E-state index in [9.17, 15) is 9.18 Å². The quantitative estimate of drug-likeness (QED) is 0.298. The lowest BCUT2D eigenvalue weighted by atomic mass is 9.67. The first kappa shape index (κ1) is 32.2. The predicted octanol–water partition coefficient (Wildman–Crippen LogP) is 6.04. The van der Waals surface area contributed by atoms with Crippen molar-refractivity contribution in [3.8, 4) is 11.6 Å². The average molecular weight is 634 g/mol. The standard InChI is InChI=1S/C31H45ClFN7O2S/c1-6-43-37-24-9-12-31(13-10-24)18-38(19-31)16-22-11-14-39(17-22)27-28(35-36-30(32)34-27)42-26-8-7-23(33)15-25(26)29(41)40(20(2)3)21(4)5/h7-8,15,20-22,24,37H,6,9-14,16-19H2,1-5H3. The first-order valence-electron chi connectivity index (χ1n) is 15.6. The van der Waals surface area contributed by atoms with E-state index in [0.29, 0.717) is 23.2 Å². The first-order chi connectivity index (χ1) is 20.6. The van der Waals surface area contributed by atoms with Crippen LogP contribution in [0.5, 0.6) is 11.6 Å². The summed E-state index contributed by atoms with van der Waals surface area (Å²) in [5.41, 5.74) is 0.633. The molecule has 1 amide bonds. The van der Waals surface area contributed by atoms with Crippen LogP contribution in [0.15, 0.2) is 18.2 Å². The monoisotopic (exact) mass is 633 g/mol. The number of nitrogens with one attached hydrogen (secondary N) is 1. The lowest BCUT2D eigenvalue weighted by Gasteiger charge is -2.54. The number of hydrogen-bond donors (Lipinski definition) is 1. The van der Waals surface area contributed by atoms with Crippen LogP contribution in [0, 0.1) is 17.2 Å². The van der Waals surface area contributed by atoms with Crippen molar-refractivity contribution < 1.29 is 13.9 Å². The summed E-state index contributed by atoms with van der Waals surface area (Å²) in [6.45, 7) is 15.0. The molecule has 2 aliphatic heterocycles. The Balaban J connectivity index is 1.23. The molecule has 2 aromatic rings. The summed E-state index contributed by atoms with van der Waals surface area (Å²) in [6.07, 6.45) is 6.21. The zero-order valence-electron chi connectivity index (χ0n) is 26.0. The van der Waals surface area contributed by atoms with Gasteiger partial charge in [0.1, 0.15) is 11.6 Å². The lowest BCUT2D eigenvalue weighted by Crippen LogP contribution is -2.59. The van der Waals surface area contributed by atoms with Gasteiger partial charge in [0.15, 0.2) is 5.82 Å². The molecule has 43 heavy (non-hydrogen) atoms. The topological polar surface area (TPSA) is 86.7 Å². The fourth-order valence-electron chi connectivity index (χ4n) is 7.06. The lowest BCUT2D eigenvalue weighted by molar-refractivity contribution is -0.0384. The molecule has 0 radical (unpaired) electrons. The van der Waals surface area contributed by atoms with Gasteiger partial charge in [-0.3, -0.25) is 9.52 Å². The molecule has 1 aromatic carbocycles. The molecule has 236 valence electrons. The Bertz CT molecular complexity index is 1260. The molecule has 3 fully saturated rings. The van der Waals surface area contributed by atoms with Crippen molar-refractivity contribution in [3.63, 3.8) is 0 Å². The van der Waals surface area contributed by atoms with Gasteiger partial charge in [0.2, 0.25) is 5.28 Å². The Labute approximate surface area is 264 Å². The Morgan fingerprint density at radius 3 is 2.58 bits per heavy atom. The van der Waals surface area contributed by atoms with Gasteiger partial charge in [0.05, 0.1) is 5.56 Å². The van der Waals surface area contributed by atoms with Gasteiger partial charge in [-0.1, -0.05) is 18.9 Å². The molecule has 12 heteroatoms. The molecule has 1 atom stereocenters. The SMILES string of the molecule is CCSNC1CCC2(CC1)CN(CC1CCN(c3nc(Cl)nnc3Oc3ccc(F)cc3C(=O)N(C(C)C)C(C)C)C1)C2.